The van der Waals surface area contributed by atoms with Gasteiger partial charge >= 0.3 is 11.8 Å². The van der Waals surface area contributed by atoms with E-state index in [2.05, 4.69) is 10.6 Å². The Bertz CT molecular complexity index is 741. The predicted octanol–water partition coefficient (Wildman–Crippen LogP) is 2.82. The first kappa shape index (κ1) is 17.5. The van der Waals surface area contributed by atoms with Crippen LogP contribution in [0.25, 0.3) is 0 Å². The number of anilines is 1. The Morgan fingerprint density at radius 3 is 2.42 bits per heavy atom. The van der Waals surface area contributed by atoms with Crippen molar-refractivity contribution in [1.29, 1.82) is 0 Å². The normalized spacial score (nSPS) is 10.1. The summed E-state index contributed by atoms with van der Waals surface area (Å²) in [5.74, 6) is -0.675. The van der Waals surface area contributed by atoms with Gasteiger partial charge in [-0.15, -0.1) is 0 Å². The largest absolute Gasteiger partial charge is 0.496 e. The number of hydrogen-bond donors (Lipinski definition) is 2. The van der Waals surface area contributed by atoms with E-state index in [1.807, 2.05) is 56.3 Å². The van der Waals surface area contributed by atoms with Gasteiger partial charge in [0.1, 0.15) is 5.75 Å². The monoisotopic (exact) mass is 326 g/mol. The molecule has 0 aliphatic rings. The van der Waals surface area contributed by atoms with E-state index < -0.39 is 11.8 Å². The number of rotatable bonds is 5. The molecule has 2 rings (SSSR count). The fraction of sp³-hybridized carbons (Fsp3) is 0.263. The van der Waals surface area contributed by atoms with E-state index in [0.717, 1.165) is 23.1 Å². The van der Waals surface area contributed by atoms with Crippen molar-refractivity contribution in [2.75, 3.05) is 12.4 Å². The molecule has 5 heteroatoms. The molecule has 0 heterocycles. The topological polar surface area (TPSA) is 67.4 Å². The molecule has 5 nitrogen and oxygen atoms in total. The van der Waals surface area contributed by atoms with Crippen LogP contribution < -0.4 is 15.4 Å². The molecule has 0 radical (unpaired) electrons. The van der Waals surface area contributed by atoms with E-state index in [-0.39, 0.29) is 6.54 Å². The molecule has 0 fully saturated rings. The van der Waals surface area contributed by atoms with E-state index in [1.165, 1.54) is 0 Å². The highest BCUT2D eigenvalue weighted by molar-refractivity contribution is 6.39. The summed E-state index contributed by atoms with van der Waals surface area (Å²) in [4.78, 5) is 24.2. The Kier molecular flexibility index (Phi) is 5.95. The van der Waals surface area contributed by atoms with Gasteiger partial charge in [0.05, 0.1) is 7.11 Å². The number of para-hydroxylation sites is 2. The molecule has 0 aliphatic heterocycles. The molecule has 0 saturated carbocycles. The lowest BCUT2D eigenvalue weighted by Gasteiger charge is -2.13. The second-order valence-electron chi connectivity index (χ2n) is 5.41. The number of carbonyl (C=O) groups excluding carboxylic acids is 2. The second-order valence-corrected chi connectivity index (χ2v) is 5.41. The third-order valence-corrected chi connectivity index (χ3v) is 3.82. The molecule has 2 aromatic rings. The van der Waals surface area contributed by atoms with Crippen molar-refractivity contribution in [3.8, 4) is 5.75 Å². The van der Waals surface area contributed by atoms with Crippen molar-refractivity contribution in [2.24, 2.45) is 0 Å². The molecular formula is C19H22N2O3. The van der Waals surface area contributed by atoms with Gasteiger partial charge in [-0.3, -0.25) is 9.59 Å². The quantitative estimate of drug-likeness (QED) is 0.830. The lowest BCUT2D eigenvalue weighted by Crippen LogP contribution is -2.35. The molecule has 0 aromatic heterocycles. The van der Waals surface area contributed by atoms with Crippen LogP contribution in [0, 0.1) is 6.92 Å². The Balaban J connectivity index is 2.02. The SMILES string of the molecule is CCc1cccc(C)c1NC(=O)C(=O)NCc1ccccc1OC. The first-order valence-corrected chi connectivity index (χ1v) is 7.86. The molecule has 24 heavy (non-hydrogen) atoms. The number of aryl methyl sites for hydroxylation is 2. The van der Waals surface area contributed by atoms with Crippen molar-refractivity contribution in [3.63, 3.8) is 0 Å². The summed E-state index contributed by atoms with van der Waals surface area (Å²) < 4.78 is 5.23. The van der Waals surface area contributed by atoms with Gasteiger partial charge in [0.2, 0.25) is 0 Å². The van der Waals surface area contributed by atoms with Gasteiger partial charge in [-0.2, -0.15) is 0 Å². The van der Waals surface area contributed by atoms with Crippen molar-refractivity contribution in [3.05, 3.63) is 59.2 Å². The fourth-order valence-electron chi connectivity index (χ4n) is 2.48. The van der Waals surface area contributed by atoms with Crippen molar-refractivity contribution < 1.29 is 14.3 Å². The lowest BCUT2D eigenvalue weighted by atomic mass is 10.1. The molecule has 2 N–H and O–H groups in total. The molecule has 126 valence electrons. The van der Waals surface area contributed by atoms with Crippen molar-refractivity contribution >= 4 is 17.5 Å². The maximum Gasteiger partial charge on any atom is 0.313 e. The fourth-order valence-corrected chi connectivity index (χ4v) is 2.48. The van der Waals surface area contributed by atoms with Crippen LogP contribution in [0.4, 0.5) is 5.69 Å². The summed E-state index contributed by atoms with van der Waals surface area (Å²) in [6.07, 6.45) is 0.778. The van der Waals surface area contributed by atoms with Crippen LogP contribution in [-0.2, 0) is 22.6 Å². The predicted molar refractivity (Wildman–Crippen MR) is 94.0 cm³/mol. The maximum atomic E-state index is 12.2. The standard InChI is InChI=1S/C19H22N2O3/c1-4-14-10-7-8-13(2)17(14)21-19(23)18(22)20-12-15-9-5-6-11-16(15)24-3/h5-11H,4,12H2,1-3H3,(H,20,22)(H,21,23). The highest BCUT2D eigenvalue weighted by atomic mass is 16.5. The minimum Gasteiger partial charge on any atom is -0.496 e. The van der Waals surface area contributed by atoms with Crippen LogP contribution in [0.1, 0.15) is 23.6 Å². The molecule has 0 atom stereocenters. The number of benzene rings is 2. The van der Waals surface area contributed by atoms with Crippen LogP contribution in [-0.4, -0.2) is 18.9 Å². The van der Waals surface area contributed by atoms with Gasteiger partial charge in [0.25, 0.3) is 0 Å². The maximum absolute atomic E-state index is 12.2. The lowest BCUT2D eigenvalue weighted by molar-refractivity contribution is -0.136. The van der Waals surface area contributed by atoms with Crippen LogP contribution >= 0.6 is 0 Å². The minimum absolute atomic E-state index is 0.227. The molecule has 0 aliphatic carbocycles. The first-order valence-electron chi connectivity index (χ1n) is 7.86. The van der Waals surface area contributed by atoms with Gasteiger partial charge in [-0.05, 0) is 30.5 Å². The third-order valence-electron chi connectivity index (χ3n) is 3.82. The van der Waals surface area contributed by atoms with Crippen LogP contribution in [0.5, 0.6) is 5.75 Å². The molecule has 2 aromatic carbocycles. The number of nitrogens with one attached hydrogen (secondary N) is 2. The smallest absolute Gasteiger partial charge is 0.313 e. The summed E-state index contributed by atoms with van der Waals surface area (Å²) in [6.45, 7) is 4.14. The second kappa shape index (κ2) is 8.15. The zero-order valence-electron chi connectivity index (χ0n) is 14.2. The number of carbonyl (C=O) groups is 2. The Hall–Kier alpha value is -2.82. The average molecular weight is 326 g/mol. The van der Waals surface area contributed by atoms with Crippen LogP contribution in [0.3, 0.4) is 0 Å². The Morgan fingerprint density at radius 2 is 1.71 bits per heavy atom. The van der Waals surface area contributed by atoms with Gasteiger partial charge in [0.15, 0.2) is 0 Å². The van der Waals surface area contributed by atoms with Crippen LogP contribution in [0.2, 0.25) is 0 Å². The van der Waals surface area contributed by atoms with Gasteiger partial charge in [-0.1, -0.05) is 43.3 Å². The Labute approximate surface area is 142 Å². The van der Waals surface area contributed by atoms with Gasteiger partial charge < -0.3 is 15.4 Å². The molecule has 0 bridgehead atoms. The summed E-state index contributed by atoms with van der Waals surface area (Å²) in [5.41, 5.74) is 3.45. The molecule has 0 saturated heterocycles. The summed E-state index contributed by atoms with van der Waals surface area (Å²) in [6, 6.07) is 13.1. The zero-order valence-corrected chi connectivity index (χ0v) is 14.2. The summed E-state index contributed by atoms with van der Waals surface area (Å²) >= 11 is 0. The Morgan fingerprint density at radius 1 is 1.00 bits per heavy atom. The highest BCUT2D eigenvalue weighted by Gasteiger charge is 2.16. The van der Waals surface area contributed by atoms with Gasteiger partial charge in [-0.25, -0.2) is 0 Å². The van der Waals surface area contributed by atoms with Gasteiger partial charge in [0, 0.05) is 17.8 Å². The van der Waals surface area contributed by atoms with E-state index in [1.54, 1.807) is 7.11 Å². The summed E-state index contributed by atoms with van der Waals surface area (Å²) in [7, 11) is 1.57. The van der Waals surface area contributed by atoms with Crippen molar-refractivity contribution in [1.82, 2.24) is 5.32 Å². The zero-order chi connectivity index (χ0) is 17.5. The average Bonchev–Trinajstić information content (AvgIpc) is 2.61. The molecule has 0 spiro atoms. The van der Waals surface area contributed by atoms with E-state index >= 15 is 0 Å². The number of amides is 2. The molecular weight excluding hydrogens is 304 g/mol. The number of hydrogen-bond acceptors (Lipinski definition) is 3. The van der Waals surface area contributed by atoms with Crippen molar-refractivity contribution in [2.45, 2.75) is 26.8 Å². The summed E-state index contributed by atoms with van der Waals surface area (Å²) in [5, 5.41) is 5.33. The number of ether oxygens (including phenoxy) is 1. The molecule has 2 amide bonds. The van der Waals surface area contributed by atoms with E-state index in [9.17, 15) is 9.59 Å². The first-order chi connectivity index (χ1) is 11.6. The minimum atomic E-state index is -0.675. The number of methoxy groups -OCH3 is 1. The highest BCUT2D eigenvalue weighted by Crippen LogP contribution is 2.21. The molecule has 0 unspecified atom stereocenters. The third kappa shape index (κ3) is 4.13. The van der Waals surface area contributed by atoms with E-state index in [4.69, 9.17) is 4.74 Å². The van der Waals surface area contributed by atoms with E-state index in [0.29, 0.717) is 11.4 Å². The van der Waals surface area contributed by atoms with Crippen LogP contribution in [0.15, 0.2) is 42.5 Å².